The molecule has 100 valence electrons. The van der Waals surface area contributed by atoms with Crippen molar-refractivity contribution in [3.8, 4) is 0 Å². The highest BCUT2D eigenvalue weighted by atomic mass is 79.9. The molecule has 0 atom stereocenters. The highest BCUT2D eigenvalue weighted by molar-refractivity contribution is 9.09. The second-order valence-electron chi connectivity index (χ2n) is 5.68. The highest BCUT2D eigenvalue weighted by Gasteiger charge is 2.17. The fourth-order valence-corrected chi connectivity index (χ4v) is 1.81. The van der Waals surface area contributed by atoms with Crippen LogP contribution in [0.4, 0.5) is 0 Å². The normalized spacial score (nSPS) is 11.4. The SMILES string of the molecule is Cc1ccc(C)c(CC(=O)NCC(C)(C)CBr)c1. The van der Waals surface area contributed by atoms with E-state index in [4.69, 9.17) is 0 Å². The number of alkyl halides is 1. The average Bonchev–Trinajstić information content (AvgIpc) is 2.31. The highest BCUT2D eigenvalue weighted by Crippen LogP contribution is 2.16. The molecule has 1 rings (SSSR count). The van der Waals surface area contributed by atoms with Crippen LogP contribution in [0.1, 0.15) is 30.5 Å². The minimum Gasteiger partial charge on any atom is -0.355 e. The van der Waals surface area contributed by atoms with Crippen LogP contribution in [0.2, 0.25) is 0 Å². The molecule has 18 heavy (non-hydrogen) atoms. The maximum absolute atomic E-state index is 11.9. The molecule has 0 unspecified atom stereocenters. The van der Waals surface area contributed by atoms with E-state index < -0.39 is 0 Å². The summed E-state index contributed by atoms with van der Waals surface area (Å²) in [6, 6.07) is 6.23. The molecule has 0 bridgehead atoms. The average molecular weight is 312 g/mol. The summed E-state index contributed by atoms with van der Waals surface area (Å²) in [6.45, 7) is 9.04. The van der Waals surface area contributed by atoms with Crippen molar-refractivity contribution in [3.05, 3.63) is 34.9 Å². The van der Waals surface area contributed by atoms with Crippen LogP contribution in [0.15, 0.2) is 18.2 Å². The van der Waals surface area contributed by atoms with E-state index in [1.165, 1.54) is 11.1 Å². The Morgan fingerprint density at radius 2 is 2.00 bits per heavy atom. The molecule has 0 saturated carbocycles. The summed E-state index contributed by atoms with van der Waals surface area (Å²) in [6.07, 6.45) is 0.464. The maximum atomic E-state index is 11.9. The number of aryl methyl sites for hydroxylation is 2. The summed E-state index contributed by atoms with van der Waals surface area (Å²) < 4.78 is 0. The quantitative estimate of drug-likeness (QED) is 0.830. The van der Waals surface area contributed by atoms with Gasteiger partial charge >= 0.3 is 0 Å². The number of rotatable bonds is 5. The summed E-state index contributed by atoms with van der Waals surface area (Å²) in [5.41, 5.74) is 3.58. The third kappa shape index (κ3) is 4.81. The summed E-state index contributed by atoms with van der Waals surface area (Å²) in [7, 11) is 0. The van der Waals surface area contributed by atoms with E-state index in [-0.39, 0.29) is 11.3 Å². The molecule has 1 aromatic rings. The van der Waals surface area contributed by atoms with Crippen LogP contribution in [0.5, 0.6) is 0 Å². The number of hydrogen-bond donors (Lipinski definition) is 1. The molecular formula is C15H22BrNO. The van der Waals surface area contributed by atoms with Gasteiger partial charge in [-0.2, -0.15) is 0 Å². The number of halogens is 1. The Labute approximate surface area is 118 Å². The van der Waals surface area contributed by atoms with Gasteiger partial charge in [0.15, 0.2) is 0 Å². The molecule has 3 heteroatoms. The molecule has 0 fully saturated rings. The number of hydrogen-bond acceptors (Lipinski definition) is 1. The second kappa shape index (κ2) is 6.37. The summed E-state index contributed by atoms with van der Waals surface area (Å²) in [5.74, 6) is 0.0951. The van der Waals surface area contributed by atoms with E-state index in [9.17, 15) is 4.79 Å². The molecule has 0 aliphatic rings. The standard InChI is InChI=1S/C15H22BrNO/c1-11-5-6-12(2)13(7-11)8-14(18)17-10-15(3,4)9-16/h5-7H,8-10H2,1-4H3,(H,17,18). The van der Waals surface area contributed by atoms with Crippen LogP contribution >= 0.6 is 15.9 Å². The molecule has 1 amide bonds. The van der Waals surface area contributed by atoms with Crippen molar-refractivity contribution in [3.63, 3.8) is 0 Å². The number of carbonyl (C=O) groups excluding carboxylic acids is 1. The van der Waals surface area contributed by atoms with Crippen molar-refractivity contribution in [2.45, 2.75) is 34.1 Å². The lowest BCUT2D eigenvalue weighted by molar-refractivity contribution is -0.120. The summed E-state index contributed by atoms with van der Waals surface area (Å²) in [4.78, 5) is 11.9. The van der Waals surface area contributed by atoms with E-state index in [2.05, 4.69) is 60.2 Å². The Morgan fingerprint density at radius 1 is 1.33 bits per heavy atom. The molecule has 2 nitrogen and oxygen atoms in total. The van der Waals surface area contributed by atoms with Gasteiger partial charge in [-0.3, -0.25) is 4.79 Å². The van der Waals surface area contributed by atoms with Crippen LogP contribution in [0.3, 0.4) is 0 Å². The van der Waals surface area contributed by atoms with Gasteiger partial charge < -0.3 is 5.32 Å². The van der Waals surface area contributed by atoms with Crippen molar-refractivity contribution >= 4 is 21.8 Å². The molecule has 0 saturated heterocycles. The maximum Gasteiger partial charge on any atom is 0.224 e. The predicted octanol–water partition coefficient (Wildman–Crippen LogP) is 3.38. The zero-order valence-corrected chi connectivity index (χ0v) is 13.2. The number of nitrogens with one attached hydrogen (secondary N) is 1. The van der Waals surface area contributed by atoms with Gasteiger partial charge in [0, 0.05) is 11.9 Å². The van der Waals surface area contributed by atoms with Crippen LogP contribution < -0.4 is 5.32 Å². The molecular weight excluding hydrogens is 290 g/mol. The Kier molecular flexibility index (Phi) is 5.39. The van der Waals surface area contributed by atoms with Gasteiger partial charge in [0.2, 0.25) is 5.91 Å². The Bertz CT molecular complexity index is 427. The minimum atomic E-state index is 0.0946. The van der Waals surface area contributed by atoms with Crippen molar-refractivity contribution in [2.75, 3.05) is 11.9 Å². The van der Waals surface area contributed by atoms with Crippen LogP contribution in [0.25, 0.3) is 0 Å². The molecule has 1 aromatic carbocycles. The topological polar surface area (TPSA) is 29.1 Å². The third-order valence-corrected chi connectivity index (χ3v) is 4.50. The molecule has 0 aliphatic carbocycles. The van der Waals surface area contributed by atoms with E-state index in [0.717, 1.165) is 10.9 Å². The lowest BCUT2D eigenvalue weighted by atomic mass is 9.96. The molecule has 1 N–H and O–H groups in total. The second-order valence-corrected chi connectivity index (χ2v) is 6.24. The molecule has 0 aromatic heterocycles. The molecule has 0 heterocycles. The van der Waals surface area contributed by atoms with Gasteiger partial charge in [0.25, 0.3) is 0 Å². The first kappa shape index (κ1) is 15.2. The first-order valence-electron chi connectivity index (χ1n) is 6.23. The van der Waals surface area contributed by atoms with E-state index >= 15 is 0 Å². The summed E-state index contributed by atoms with van der Waals surface area (Å²) >= 11 is 3.46. The van der Waals surface area contributed by atoms with E-state index in [1.807, 2.05) is 6.92 Å². The first-order valence-corrected chi connectivity index (χ1v) is 7.35. The lowest BCUT2D eigenvalue weighted by Gasteiger charge is -2.22. The smallest absolute Gasteiger partial charge is 0.224 e. The first-order chi connectivity index (χ1) is 8.34. The van der Waals surface area contributed by atoms with Gasteiger partial charge in [0.05, 0.1) is 6.42 Å². The van der Waals surface area contributed by atoms with Gasteiger partial charge in [-0.15, -0.1) is 0 Å². The number of amides is 1. The van der Waals surface area contributed by atoms with Crippen molar-refractivity contribution in [1.29, 1.82) is 0 Å². The van der Waals surface area contributed by atoms with E-state index in [0.29, 0.717) is 13.0 Å². The predicted molar refractivity (Wildman–Crippen MR) is 80.2 cm³/mol. The number of carbonyl (C=O) groups is 1. The Balaban J connectivity index is 2.57. The summed E-state index contributed by atoms with van der Waals surface area (Å²) in [5, 5.41) is 3.88. The van der Waals surface area contributed by atoms with Gasteiger partial charge in [-0.1, -0.05) is 53.5 Å². The Morgan fingerprint density at radius 3 is 2.61 bits per heavy atom. The monoisotopic (exact) mass is 311 g/mol. The van der Waals surface area contributed by atoms with Crippen LogP contribution in [0, 0.1) is 19.3 Å². The molecule has 0 radical (unpaired) electrons. The molecule has 0 aliphatic heterocycles. The molecule has 0 spiro atoms. The van der Waals surface area contributed by atoms with Crippen molar-refractivity contribution in [2.24, 2.45) is 5.41 Å². The zero-order chi connectivity index (χ0) is 13.8. The van der Waals surface area contributed by atoms with E-state index in [1.54, 1.807) is 0 Å². The fourth-order valence-electron chi connectivity index (χ4n) is 1.61. The van der Waals surface area contributed by atoms with Crippen molar-refractivity contribution < 1.29 is 4.79 Å². The largest absolute Gasteiger partial charge is 0.355 e. The minimum absolute atomic E-state index is 0.0946. The Hall–Kier alpha value is -0.830. The number of benzene rings is 1. The van der Waals surface area contributed by atoms with Gasteiger partial charge in [-0.25, -0.2) is 0 Å². The third-order valence-electron chi connectivity index (χ3n) is 2.98. The van der Waals surface area contributed by atoms with Gasteiger partial charge in [0.1, 0.15) is 0 Å². The van der Waals surface area contributed by atoms with Crippen LogP contribution in [-0.2, 0) is 11.2 Å². The zero-order valence-electron chi connectivity index (χ0n) is 11.6. The van der Waals surface area contributed by atoms with Crippen LogP contribution in [-0.4, -0.2) is 17.8 Å². The lowest BCUT2D eigenvalue weighted by Crippen LogP contribution is -2.35. The van der Waals surface area contributed by atoms with Gasteiger partial charge in [-0.05, 0) is 30.4 Å². The fraction of sp³-hybridized carbons (Fsp3) is 0.533. The van der Waals surface area contributed by atoms with Crippen molar-refractivity contribution in [1.82, 2.24) is 5.32 Å².